The summed E-state index contributed by atoms with van der Waals surface area (Å²) < 4.78 is 23.7. The summed E-state index contributed by atoms with van der Waals surface area (Å²) >= 11 is 0. The van der Waals surface area contributed by atoms with Gasteiger partial charge in [-0.25, -0.2) is 0 Å². The molecule has 204 valence electrons. The highest BCUT2D eigenvalue weighted by molar-refractivity contribution is 5.76. The number of nitrogens with one attached hydrogen (secondary N) is 1. The van der Waals surface area contributed by atoms with Gasteiger partial charge in [0.15, 0.2) is 17.8 Å². The first-order chi connectivity index (χ1) is 18.3. The Kier molecular flexibility index (Phi) is 6.87. The van der Waals surface area contributed by atoms with E-state index in [4.69, 9.17) is 18.9 Å². The molecule has 0 aromatic heterocycles. The van der Waals surface area contributed by atoms with Crippen molar-refractivity contribution in [3.8, 4) is 11.5 Å². The van der Waals surface area contributed by atoms with Crippen molar-refractivity contribution < 1.29 is 28.8 Å². The number of benzene rings is 2. The van der Waals surface area contributed by atoms with Gasteiger partial charge in [-0.2, -0.15) is 0 Å². The van der Waals surface area contributed by atoms with Crippen molar-refractivity contribution >= 4 is 5.91 Å². The third kappa shape index (κ3) is 4.69. The number of aliphatic hydroxyl groups is 1. The summed E-state index contributed by atoms with van der Waals surface area (Å²) in [6.07, 6.45) is 3.96. The van der Waals surface area contributed by atoms with Gasteiger partial charge in [0.2, 0.25) is 12.7 Å². The molecule has 2 aromatic rings. The van der Waals surface area contributed by atoms with Crippen LogP contribution in [0.5, 0.6) is 11.5 Å². The number of carbonyl (C=O) groups excluding carboxylic acids is 1. The Labute approximate surface area is 224 Å². The molecular formula is C31H39NO6. The SMILES string of the molecule is C[C@@]12CO[C@@H](Cc3ccccc3)O[C@@H]1CC[C@]1(C)[C@H]2CC[C@@H](O)[C@H]1CC(=O)NCc1ccc2c(c1)OCO2. The van der Waals surface area contributed by atoms with Gasteiger partial charge in [0, 0.05) is 24.8 Å². The maximum Gasteiger partial charge on any atom is 0.231 e. The van der Waals surface area contributed by atoms with Crippen molar-refractivity contribution in [2.24, 2.45) is 22.7 Å². The van der Waals surface area contributed by atoms with E-state index in [0.29, 0.717) is 37.7 Å². The van der Waals surface area contributed by atoms with Crippen LogP contribution in [0.15, 0.2) is 48.5 Å². The lowest BCUT2D eigenvalue weighted by Crippen LogP contribution is -2.63. The van der Waals surface area contributed by atoms with E-state index in [1.54, 1.807) is 0 Å². The molecule has 7 atom stereocenters. The highest BCUT2D eigenvalue weighted by Gasteiger charge is 2.61. The summed E-state index contributed by atoms with van der Waals surface area (Å²) in [6, 6.07) is 16.1. The highest BCUT2D eigenvalue weighted by Crippen LogP contribution is 2.62. The molecule has 2 aromatic carbocycles. The Hall–Kier alpha value is -2.61. The predicted molar refractivity (Wildman–Crippen MR) is 141 cm³/mol. The third-order valence-electron chi connectivity index (χ3n) is 9.81. The van der Waals surface area contributed by atoms with Crippen LogP contribution in [0.4, 0.5) is 0 Å². The normalized spacial score (nSPS) is 35.7. The topological polar surface area (TPSA) is 86.2 Å². The summed E-state index contributed by atoms with van der Waals surface area (Å²) in [4.78, 5) is 13.1. The van der Waals surface area contributed by atoms with Gasteiger partial charge in [-0.15, -0.1) is 0 Å². The zero-order chi connectivity index (χ0) is 26.3. The van der Waals surface area contributed by atoms with E-state index in [9.17, 15) is 9.90 Å². The third-order valence-corrected chi connectivity index (χ3v) is 9.81. The van der Waals surface area contributed by atoms with E-state index in [1.807, 2.05) is 36.4 Å². The van der Waals surface area contributed by atoms with Gasteiger partial charge in [0.1, 0.15) is 0 Å². The Morgan fingerprint density at radius 3 is 2.66 bits per heavy atom. The number of ether oxygens (including phenoxy) is 4. The highest BCUT2D eigenvalue weighted by atomic mass is 16.7. The molecule has 1 amide bonds. The summed E-state index contributed by atoms with van der Waals surface area (Å²) in [7, 11) is 0. The van der Waals surface area contributed by atoms with Crippen LogP contribution in [0.2, 0.25) is 0 Å². The first-order valence-electron chi connectivity index (χ1n) is 14.0. The molecule has 0 unspecified atom stereocenters. The number of fused-ring (bicyclic) bond motifs is 4. The summed E-state index contributed by atoms with van der Waals surface area (Å²) in [5.74, 6) is 1.64. The molecule has 7 heteroatoms. The molecule has 7 nitrogen and oxygen atoms in total. The average molecular weight is 522 g/mol. The molecule has 0 radical (unpaired) electrons. The molecule has 2 aliphatic carbocycles. The van der Waals surface area contributed by atoms with Crippen molar-refractivity contribution in [1.82, 2.24) is 5.32 Å². The van der Waals surface area contributed by atoms with Crippen molar-refractivity contribution in [3.63, 3.8) is 0 Å². The number of hydrogen-bond acceptors (Lipinski definition) is 6. The van der Waals surface area contributed by atoms with E-state index >= 15 is 0 Å². The smallest absolute Gasteiger partial charge is 0.231 e. The molecule has 1 saturated heterocycles. The summed E-state index contributed by atoms with van der Waals surface area (Å²) in [6.45, 7) is 5.88. The lowest BCUT2D eigenvalue weighted by atomic mass is 9.46. The van der Waals surface area contributed by atoms with Crippen molar-refractivity contribution in [3.05, 3.63) is 59.7 Å². The van der Waals surface area contributed by atoms with Gasteiger partial charge in [-0.05, 0) is 66.2 Å². The monoisotopic (exact) mass is 521 g/mol. The zero-order valence-electron chi connectivity index (χ0n) is 22.4. The zero-order valence-corrected chi connectivity index (χ0v) is 22.4. The second kappa shape index (κ2) is 10.2. The van der Waals surface area contributed by atoms with Gasteiger partial charge < -0.3 is 29.4 Å². The fourth-order valence-corrected chi connectivity index (χ4v) is 7.72. The maximum atomic E-state index is 13.1. The van der Waals surface area contributed by atoms with E-state index < -0.39 is 6.10 Å². The van der Waals surface area contributed by atoms with Crippen LogP contribution >= 0.6 is 0 Å². The molecule has 2 saturated carbocycles. The van der Waals surface area contributed by atoms with Crippen molar-refractivity contribution in [1.29, 1.82) is 0 Å². The second-order valence-corrected chi connectivity index (χ2v) is 12.1. The minimum atomic E-state index is -0.482. The Bertz CT molecular complexity index is 1160. The molecule has 0 bridgehead atoms. The lowest BCUT2D eigenvalue weighted by Gasteiger charge is -2.63. The number of aliphatic hydroxyl groups excluding tert-OH is 1. The minimum Gasteiger partial charge on any atom is -0.454 e. The Morgan fingerprint density at radius 1 is 1.00 bits per heavy atom. The van der Waals surface area contributed by atoms with Crippen molar-refractivity contribution in [2.45, 2.75) is 77.4 Å². The molecule has 4 aliphatic rings. The minimum absolute atomic E-state index is 0.0278. The summed E-state index contributed by atoms with van der Waals surface area (Å²) in [5.41, 5.74) is 1.89. The van der Waals surface area contributed by atoms with Gasteiger partial charge >= 0.3 is 0 Å². The number of hydrogen-bond donors (Lipinski definition) is 2. The molecule has 38 heavy (non-hydrogen) atoms. The molecule has 2 N–H and O–H groups in total. The lowest BCUT2D eigenvalue weighted by molar-refractivity contribution is -0.308. The number of rotatable bonds is 6. The van der Waals surface area contributed by atoms with Crippen LogP contribution in [-0.4, -0.2) is 42.9 Å². The first-order valence-corrected chi connectivity index (χ1v) is 14.0. The van der Waals surface area contributed by atoms with Crippen LogP contribution < -0.4 is 14.8 Å². The molecule has 3 fully saturated rings. The second-order valence-electron chi connectivity index (χ2n) is 12.1. The largest absolute Gasteiger partial charge is 0.454 e. The van der Waals surface area contributed by atoms with E-state index in [2.05, 4.69) is 31.3 Å². The quantitative estimate of drug-likeness (QED) is 0.578. The van der Waals surface area contributed by atoms with E-state index in [1.165, 1.54) is 5.56 Å². The molecule has 0 spiro atoms. The van der Waals surface area contributed by atoms with Crippen LogP contribution in [0.1, 0.15) is 57.1 Å². The molecule has 2 heterocycles. The van der Waals surface area contributed by atoms with Gasteiger partial charge in [0.25, 0.3) is 0 Å². The van der Waals surface area contributed by atoms with Gasteiger partial charge in [-0.1, -0.05) is 50.2 Å². The van der Waals surface area contributed by atoms with Crippen LogP contribution in [0.3, 0.4) is 0 Å². The molecular weight excluding hydrogens is 482 g/mol. The van der Waals surface area contributed by atoms with Gasteiger partial charge in [-0.3, -0.25) is 4.79 Å². The van der Waals surface area contributed by atoms with E-state index in [-0.39, 0.29) is 41.8 Å². The van der Waals surface area contributed by atoms with Crippen LogP contribution in [0, 0.1) is 22.7 Å². The first kappa shape index (κ1) is 25.7. The maximum absolute atomic E-state index is 13.1. The standard InChI is InChI=1S/C31H39NO6/c1-30-13-12-27-31(2,18-35-29(38-27)15-20-6-4-3-5-7-20)26(30)11-9-23(33)22(30)16-28(34)32-17-21-8-10-24-25(14-21)37-19-36-24/h3-8,10,14,22-23,26-27,29,33H,9,11-13,15-19H2,1-2H3,(H,32,34)/t22-,23-,26-,27-,29-,30+,31+/m1/s1. The number of amides is 1. The number of carbonyl (C=O) groups is 1. The van der Waals surface area contributed by atoms with E-state index in [0.717, 1.165) is 37.0 Å². The fourth-order valence-electron chi connectivity index (χ4n) is 7.72. The average Bonchev–Trinajstić information content (AvgIpc) is 3.38. The fraction of sp³-hybridized carbons (Fsp3) is 0.581. The summed E-state index contributed by atoms with van der Waals surface area (Å²) in [5, 5.41) is 14.2. The van der Waals surface area contributed by atoms with Gasteiger partial charge in [0.05, 0.1) is 18.8 Å². The Morgan fingerprint density at radius 2 is 1.82 bits per heavy atom. The molecule has 6 rings (SSSR count). The predicted octanol–water partition coefficient (Wildman–Crippen LogP) is 4.60. The van der Waals surface area contributed by atoms with Crippen LogP contribution in [0.25, 0.3) is 0 Å². The van der Waals surface area contributed by atoms with Crippen LogP contribution in [-0.2, 0) is 27.2 Å². The molecule has 2 aliphatic heterocycles. The van der Waals surface area contributed by atoms with Crippen molar-refractivity contribution in [2.75, 3.05) is 13.4 Å². The Balaban J connectivity index is 1.11.